The Balaban J connectivity index is 1.36. The van der Waals surface area contributed by atoms with Crippen molar-refractivity contribution in [2.75, 3.05) is 13.7 Å². The van der Waals surface area contributed by atoms with E-state index in [1.54, 1.807) is 25.5 Å². The fourth-order valence-electron chi connectivity index (χ4n) is 5.36. The summed E-state index contributed by atoms with van der Waals surface area (Å²) in [5, 5.41) is 2.30. The smallest absolute Gasteiger partial charge is 0.338 e. The molecule has 0 saturated carbocycles. The van der Waals surface area contributed by atoms with Gasteiger partial charge in [0.25, 0.3) is 5.56 Å². The van der Waals surface area contributed by atoms with Gasteiger partial charge in [0.1, 0.15) is 6.61 Å². The van der Waals surface area contributed by atoms with Crippen molar-refractivity contribution in [3.05, 3.63) is 139 Å². The number of thiazole rings is 1. The second-order valence-electron chi connectivity index (χ2n) is 10.1. The minimum atomic E-state index is -0.641. The molecule has 216 valence electrons. The molecular formula is C35H30N2O5S. The summed E-state index contributed by atoms with van der Waals surface area (Å²) in [6.45, 7) is 4.15. The Hall–Kier alpha value is -4.95. The number of rotatable bonds is 8. The molecule has 1 aromatic heterocycles. The molecule has 8 heteroatoms. The van der Waals surface area contributed by atoms with Crippen LogP contribution in [0, 0.1) is 0 Å². The molecule has 1 unspecified atom stereocenters. The van der Waals surface area contributed by atoms with E-state index in [9.17, 15) is 9.59 Å². The van der Waals surface area contributed by atoms with Gasteiger partial charge in [-0.1, -0.05) is 90.2 Å². The quantitative estimate of drug-likeness (QED) is 0.222. The first-order valence-corrected chi connectivity index (χ1v) is 14.8. The van der Waals surface area contributed by atoms with Gasteiger partial charge in [-0.15, -0.1) is 0 Å². The normalized spacial score (nSPS) is 14.8. The number of hydrogen-bond acceptors (Lipinski definition) is 7. The molecule has 0 N–H and O–H groups in total. The van der Waals surface area contributed by atoms with E-state index in [2.05, 4.69) is 29.3 Å². The van der Waals surface area contributed by atoms with Crippen molar-refractivity contribution in [1.82, 2.24) is 4.57 Å². The zero-order chi connectivity index (χ0) is 29.9. The zero-order valence-corrected chi connectivity index (χ0v) is 24.9. The molecule has 4 aromatic carbocycles. The number of hydrogen-bond donors (Lipinski definition) is 0. The van der Waals surface area contributed by atoms with Gasteiger partial charge in [0, 0.05) is 0 Å². The largest absolute Gasteiger partial charge is 0.493 e. The van der Waals surface area contributed by atoms with Gasteiger partial charge in [0.15, 0.2) is 16.3 Å². The van der Waals surface area contributed by atoms with Crippen molar-refractivity contribution in [3.63, 3.8) is 0 Å². The highest BCUT2D eigenvalue weighted by Gasteiger charge is 2.33. The Morgan fingerprint density at radius 2 is 1.74 bits per heavy atom. The van der Waals surface area contributed by atoms with Gasteiger partial charge in [-0.3, -0.25) is 9.36 Å². The molecule has 0 aliphatic carbocycles. The lowest BCUT2D eigenvalue weighted by atomic mass is 9.96. The summed E-state index contributed by atoms with van der Waals surface area (Å²) in [5.41, 5.74) is 3.33. The Kier molecular flexibility index (Phi) is 7.94. The number of aromatic nitrogens is 1. The molecule has 1 aliphatic heterocycles. The average Bonchev–Trinajstić information content (AvgIpc) is 3.33. The van der Waals surface area contributed by atoms with Crippen LogP contribution in [0.5, 0.6) is 11.5 Å². The van der Waals surface area contributed by atoms with Gasteiger partial charge in [-0.05, 0) is 59.5 Å². The first-order valence-electron chi connectivity index (χ1n) is 14.0. The summed E-state index contributed by atoms with van der Waals surface area (Å²) >= 11 is 1.28. The highest BCUT2D eigenvalue weighted by Crippen LogP contribution is 2.32. The Labute approximate surface area is 252 Å². The predicted molar refractivity (Wildman–Crippen MR) is 168 cm³/mol. The molecule has 0 amide bonds. The van der Waals surface area contributed by atoms with Crippen LogP contribution in [-0.2, 0) is 16.1 Å². The van der Waals surface area contributed by atoms with Gasteiger partial charge in [-0.2, -0.15) is 0 Å². The SMILES string of the molecule is CCOC(=O)C1=C(C)N=c2s/c(=C/c3ccc(OCc4cccc5ccccc45)c(OC)c3)c(=O)n2C1c1ccccc1. The van der Waals surface area contributed by atoms with E-state index in [1.165, 1.54) is 11.3 Å². The third kappa shape index (κ3) is 5.49. The zero-order valence-electron chi connectivity index (χ0n) is 24.1. The summed E-state index contributed by atoms with van der Waals surface area (Å²) in [4.78, 5) is 32.1. The number of fused-ring (bicyclic) bond motifs is 2. The fourth-order valence-corrected chi connectivity index (χ4v) is 6.41. The standard InChI is InChI=1S/C35H30N2O5S/c1-4-41-34(39)31-22(2)36-35-37(32(31)25-12-6-5-7-13-25)33(38)30(43-35)20-23-17-18-28(29(19-23)40-3)42-21-26-15-10-14-24-11-8-9-16-27(24)26/h5-20,32H,4,21H2,1-3H3/b30-20+. The molecule has 0 bridgehead atoms. The first kappa shape index (κ1) is 28.2. The van der Waals surface area contributed by atoms with Gasteiger partial charge >= 0.3 is 5.97 Å². The molecule has 43 heavy (non-hydrogen) atoms. The second-order valence-corrected chi connectivity index (χ2v) is 11.1. The highest BCUT2D eigenvalue weighted by molar-refractivity contribution is 7.07. The first-order chi connectivity index (χ1) is 21.0. The van der Waals surface area contributed by atoms with Crippen LogP contribution in [0.4, 0.5) is 0 Å². The maximum absolute atomic E-state index is 13.9. The Bertz CT molecular complexity index is 2040. The van der Waals surface area contributed by atoms with Gasteiger partial charge in [-0.25, -0.2) is 9.79 Å². The number of carbonyl (C=O) groups excluding carboxylic acids is 1. The summed E-state index contributed by atoms with van der Waals surface area (Å²) < 4.78 is 19.3. The van der Waals surface area contributed by atoms with Crippen molar-refractivity contribution in [1.29, 1.82) is 0 Å². The number of ether oxygens (including phenoxy) is 3. The number of esters is 1. The minimum absolute atomic E-state index is 0.227. The van der Waals surface area contributed by atoms with E-state index in [0.29, 0.717) is 38.7 Å². The van der Waals surface area contributed by atoms with Crippen molar-refractivity contribution in [3.8, 4) is 11.5 Å². The topological polar surface area (TPSA) is 79.1 Å². The third-order valence-electron chi connectivity index (χ3n) is 7.38. The van der Waals surface area contributed by atoms with Gasteiger partial charge in [0.2, 0.25) is 0 Å². The van der Waals surface area contributed by atoms with E-state index >= 15 is 0 Å². The van der Waals surface area contributed by atoms with Crippen LogP contribution in [-0.4, -0.2) is 24.3 Å². The molecule has 7 nitrogen and oxygen atoms in total. The maximum atomic E-state index is 13.9. The molecule has 2 heterocycles. The second kappa shape index (κ2) is 12.1. The predicted octanol–water partition coefficient (Wildman–Crippen LogP) is 5.54. The van der Waals surface area contributed by atoms with Crippen molar-refractivity contribution < 1.29 is 19.0 Å². The Morgan fingerprint density at radius 1 is 0.977 bits per heavy atom. The van der Waals surface area contributed by atoms with Crippen molar-refractivity contribution in [2.45, 2.75) is 26.5 Å². The van der Waals surface area contributed by atoms with Crippen LogP contribution in [0.2, 0.25) is 0 Å². The monoisotopic (exact) mass is 590 g/mol. The summed E-state index contributed by atoms with van der Waals surface area (Å²) in [6, 6.07) is 28.8. The van der Waals surface area contributed by atoms with E-state index in [-0.39, 0.29) is 12.2 Å². The number of carbonyl (C=O) groups is 1. The third-order valence-corrected chi connectivity index (χ3v) is 8.36. The Morgan fingerprint density at radius 3 is 2.53 bits per heavy atom. The van der Waals surface area contributed by atoms with E-state index < -0.39 is 12.0 Å². The number of benzene rings is 4. The van der Waals surface area contributed by atoms with Crippen LogP contribution in [0.25, 0.3) is 16.8 Å². The molecule has 0 fully saturated rings. The fraction of sp³-hybridized carbons (Fsp3) is 0.171. The lowest BCUT2D eigenvalue weighted by molar-refractivity contribution is -0.139. The van der Waals surface area contributed by atoms with Crippen LogP contribution in [0.3, 0.4) is 0 Å². The summed E-state index contributed by atoms with van der Waals surface area (Å²) in [7, 11) is 1.59. The molecule has 1 atom stereocenters. The lowest BCUT2D eigenvalue weighted by Crippen LogP contribution is -2.39. The molecule has 6 rings (SSSR count). The average molecular weight is 591 g/mol. The molecule has 0 spiro atoms. The molecule has 0 saturated heterocycles. The van der Waals surface area contributed by atoms with Crippen molar-refractivity contribution in [2.24, 2.45) is 4.99 Å². The molecule has 0 radical (unpaired) electrons. The van der Waals surface area contributed by atoms with Crippen LogP contribution < -0.4 is 24.4 Å². The van der Waals surface area contributed by atoms with E-state index in [0.717, 1.165) is 27.5 Å². The maximum Gasteiger partial charge on any atom is 0.338 e. The van der Waals surface area contributed by atoms with Gasteiger partial charge in [0.05, 0.1) is 35.6 Å². The number of methoxy groups -OCH3 is 1. The molecular weight excluding hydrogens is 560 g/mol. The molecule has 5 aromatic rings. The summed E-state index contributed by atoms with van der Waals surface area (Å²) in [6.07, 6.45) is 1.81. The van der Waals surface area contributed by atoms with Crippen LogP contribution >= 0.6 is 11.3 Å². The van der Waals surface area contributed by atoms with E-state index in [4.69, 9.17) is 14.2 Å². The lowest BCUT2D eigenvalue weighted by Gasteiger charge is -2.24. The molecule has 1 aliphatic rings. The van der Waals surface area contributed by atoms with Crippen LogP contribution in [0.15, 0.2) is 112 Å². The van der Waals surface area contributed by atoms with Crippen LogP contribution in [0.1, 0.15) is 36.6 Å². The number of nitrogens with zero attached hydrogens (tertiary/aromatic N) is 2. The minimum Gasteiger partial charge on any atom is -0.493 e. The van der Waals surface area contributed by atoms with Gasteiger partial charge < -0.3 is 14.2 Å². The van der Waals surface area contributed by atoms with E-state index in [1.807, 2.05) is 72.8 Å². The summed E-state index contributed by atoms with van der Waals surface area (Å²) in [5.74, 6) is 0.688. The number of allylic oxidation sites excluding steroid dienone is 1. The highest BCUT2D eigenvalue weighted by atomic mass is 32.1. The van der Waals surface area contributed by atoms with Crippen molar-refractivity contribution >= 4 is 34.2 Å².